The van der Waals surface area contributed by atoms with Gasteiger partial charge in [-0.25, -0.2) is 4.79 Å². The fourth-order valence-corrected chi connectivity index (χ4v) is 1.01. The van der Waals surface area contributed by atoms with E-state index in [-0.39, 0.29) is 19.0 Å². The molecule has 0 aromatic heterocycles. The maximum absolute atomic E-state index is 11.3. The summed E-state index contributed by atoms with van der Waals surface area (Å²) in [6.45, 7) is 1.68. The van der Waals surface area contributed by atoms with Crippen molar-refractivity contribution in [3.8, 4) is 0 Å². The molecule has 0 heterocycles. The summed E-state index contributed by atoms with van der Waals surface area (Å²) in [7, 11) is 3.54. The maximum Gasteiger partial charge on any atom is 0.317 e. The number of urea groups is 1. The predicted octanol–water partition coefficient (Wildman–Crippen LogP) is -0.288. The van der Waals surface area contributed by atoms with Crippen LogP contribution in [0.3, 0.4) is 0 Å². The normalized spacial score (nSPS) is 9.73. The van der Waals surface area contributed by atoms with E-state index in [0.717, 1.165) is 13.0 Å². The third-order valence-electron chi connectivity index (χ3n) is 1.88. The van der Waals surface area contributed by atoms with Crippen LogP contribution in [-0.4, -0.2) is 55.7 Å². The van der Waals surface area contributed by atoms with Crippen LogP contribution in [-0.2, 0) is 4.79 Å². The first-order valence-electron chi connectivity index (χ1n) is 4.93. The van der Waals surface area contributed by atoms with Gasteiger partial charge in [-0.15, -0.1) is 0 Å². The SMILES string of the molecule is CNCCCN(C)C(=O)NCCC(=O)O. The quantitative estimate of drug-likeness (QED) is 0.512. The summed E-state index contributed by atoms with van der Waals surface area (Å²) in [6, 6.07) is -0.229. The maximum atomic E-state index is 11.3. The molecule has 0 bridgehead atoms. The molecule has 15 heavy (non-hydrogen) atoms. The highest BCUT2D eigenvalue weighted by atomic mass is 16.4. The molecule has 88 valence electrons. The average Bonchev–Trinajstić information content (AvgIpc) is 2.17. The number of amides is 2. The molecule has 2 amide bonds. The summed E-state index contributed by atoms with van der Waals surface area (Å²) in [6.07, 6.45) is 0.829. The van der Waals surface area contributed by atoms with Crippen molar-refractivity contribution in [3.05, 3.63) is 0 Å². The van der Waals surface area contributed by atoms with E-state index in [0.29, 0.717) is 6.54 Å². The first kappa shape index (κ1) is 13.7. The van der Waals surface area contributed by atoms with Crippen molar-refractivity contribution in [1.29, 1.82) is 0 Å². The zero-order valence-corrected chi connectivity index (χ0v) is 9.25. The molecule has 0 aliphatic heterocycles. The van der Waals surface area contributed by atoms with Gasteiger partial charge >= 0.3 is 12.0 Å². The van der Waals surface area contributed by atoms with Gasteiger partial charge in [-0.05, 0) is 20.0 Å². The molecular formula is C9H19N3O3. The van der Waals surface area contributed by atoms with Crippen LogP contribution < -0.4 is 10.6 Å². The highest BCUT2D eigenvalue weighted by molar-refractivity contribution is 5.74. The number of hydrogen-bond donors (Lipinski definition) is 3. The van der Waals surface area contributed by atoms with Crippen molar-refractivity contribution in [1.82, 2.24) is 15.5 Å². The van der Waals surface area contributed by atoms with Gasteiger partial charge in [0.25, 0.3) is 0 Å². The molecule has 0 fully saturated rings. The Kier molecular flexibility index (Phi) is 7.35. The van der Waals surface area contributed by atoms with E-state index in [1.165, 1.54) is 0 Å². The van der Waals surface area contributed by atoms with Gasteiger partial charge in [0.1, 0.15) is 0 Å². The molecule has 0 spiro atoms. The number of carbonyl (C=O) groups excluding carboxylic acids is 1. The third kappa shape index (κ3) is 7.75. The fourth-order valence-electron chi connectivity index (χ4n) is 1.01. The summed E-state index contributed by atoms with van der Waals surface area (Å²) < 4.78 is 0. The van der Waals surface area contributed by atoms with E-state index in [2.05, 4.69) is 10.6 Å². The molecule has 0 aliphatic rings. The minimum atomic E-state index is -0.909. The molecule has 3 N–H and O–H groups in total. The molecule has 0 unspecified atom stereocenters. The Morgan fingerprint density at radius 3 is 2.53 bits per heavy atom. The van der Waals surface area contributed by atoms with Crippen LogP contribution in [0.4, 0.5) is 4.79 Å². The van der Waals surface area contributed by atoms with Crippen LogP contribution in [0.25, 0.3) is 0 Å². The Hall–Kier alpha value is -1.30. The molecule has 0 saturated heterocycles. The van der Waals surface area contributed by atoms with E-state index in [1.54, 1.807) is 11.9 Å². The van der Waals surface area contributed by atoms with Gasteiger partial charge in [-0.2, -0.15) is 0 Å². The molecule has 0 aliphatic carbocycles. The fraction of sp³-hybridized carbons (Fsp3) is 0.778. The standard InChI is InChI=1S/C9H19N3O3/c1-10-5-3-7-12(2)9(15)11-6-4-8(13)14/h10H,3-7H2,1-2H3,(H,11,15)(H,13,14). The van der Waals surface area contributed by atoms with Gasteiger partial charge in [0, 0.05) is 20.1 Å². The summed E-state index contributed by atoms with van der Waals surface area (Å²) in [5, 5.41) is 13.9. The van der Waals surface area contributed by atoms with Crippen molar-refractivity contribution in [2.45, 2.75) is 12.8 Å². The molecule has 0 rings (SSSR count). The average molecular weight is 217 g/mol. The van der Waals surface area contributed by atoms with Gasteiger partial charge in [0.2, 0.25) is 0 Å². The van der Waals surface area contributed by atoms with Gasteiger partial charge in [0.05, 0.1) is 6.42 Å². The molecule has 0 aromatic carbocycles. The zero-order valence-electron chi connectivity index (χ0n) is 9.25. The summed E-state index contributed by atoms with van der Waals surface area (Å²) in [5.41, 5.74) is 0. The number of aliphatic carboxylic acids is 1. The van der Waals surface area contributed by atoms with Gasteiger partial charge in [-0.1, -0.05) is 0 Å². The molecule has 0 atom stereocenters. The van der Waals surface area contributed by atoms with Crippen LogP contribution in [0.2, 0.25) is 0 Å². The van der Waals surface area contributed by atoms with Crippen molar-refractivity contribution in [2.75, 3.05) is 33.7 Å². The van der Waals surface area contributed by atoms with E-state index in [1.807, 2.05) is 7.05 Å². The number of carboxylic acids is 1. The number of nitrogens with one attached hydrogen (secondary N) is 2. The lowest BCUT2D eigenvalue weighted by molar-refractivity contribution is -0.136. The number of hydrogen-bond acceptors (Lipinski definition) is 3. The first-order chi connectivity index (χ1) is 7.07. The second-order valence-electron chi connectivity index (χ2n) is 3.25. The Balaban J connectivity index is 3.55. The Bertz CT molecular complexity index is 209. The van der Waals surface area contributed by atoms with E-state index in [4.69, 9.17) is 5.11 Å². The molecule has 6 nitrogen and oxygen atoms in total. The van der Waals surface area contributed by atoms with Crippen LogP contribution in [0.15, 0.2) is 0 Å². The Morgan fingerprint density at radius 2 is 2.00 bits per heavy atom. The number of carbonyl (C=O) groups is 2. The van der Waals surface area contributed by atoms with Crippen LogP contribution in [0.5, 0.6) is 0 Å². The van der Waals surface area contributed by atoms with Crippen molar-refractivity contribution >= 4 is 12.0 Å². The van der Waals surface area contributed by atoms with Crippen LogP contribution in [0, 0.1) is 0 Å². The van der Waals surface area contributed by atoms with Crippen molar-refractivity contribution < 1.29 is 14.7 Å². The van der Waals surface area contributed by atoms with E-state index in [9.17, 15) is 9.59 Å². The van der Waals surface area contributed by atoms with Crippen molar-refractivity contribution in [3.63, 3.8) is 0 Å². The minimum absolute atomic E-state index is 0.0455. The van der Waals surface area contributed by atoms with E-state index < -0.39 is 5.97 Å². The predicted molar refractivity (Wildman–Crippen MR) is 56.8 cm³/mol. The molecule has 0 aromatic rings. The first-order valence-corrected chi connectivity index (χ1v) is 4.93. The second-order valence-corrected chi connectivity index (χ2v) is 3.25. The van der Waals surface area contributed by atoms with Crippen LogP contribution >= 0.6 is 0 Å². The molecule has 0 radical (unpaired) electrons. The lowest BCUT2D eigenvalue weighted by Gasteiger charge is -2.17. The molecule has 0 saturated carbocycles. The third-order valence-corrected chi connectivity index (χ3v) is 1.88. The van der Waals surface area contributed by atoms with E-state index >= 15 is 0 Å². The minimum Gasteiger partial charge on any atom is -0.481 e. The van der Waals surface area contributed by atoms with Crippen LogP contribution in [0.1, 0.15) is 12.8 Å². The summed E-state index contributed by atoms with van der Waals surface area (Å²) >= 11 is 0. The monoisotopic (exact) mass is 217 g/mol. The molecular weight excluding hydrogens is 198 g/mol. The van der Waals surface area contributed by atoms with Gasteiger partial charge in [-0.3, -0.25) is 4.79 Å². The number of carboxylic acid groups (broad SMARTS) is 1. The highest BCUT2D eigenvalue weighted by Crippen LogP contribution is 1.88. The van der Waals surface area contributed by atoms with Crippen molar-refractivity contribution in [2.24, 2.45) is 0 Å². The topological polar surface area (TPSA) is 81.7 Å². The lowest BCUT2D eigenvalue weighted by Crippen LogP contribution is -2.39. The molecule has 6 heteroatoms. The summed E-state index contributed by atoms with van der Waals surface area (Å²) in [5.74, 6) is -0.909. The number of rotatable bonds is 7. The number of nitrogens with zero attached hydrogens (tertiary/aromatic N) is 1. The lowest BCUT2D eigenvalue weighted by atomic mass is 10.4. The largest absolute Gasteiger partial charge is 0.481 e. The Morgan fingerprint density at radius 1 is 1.33 bits per heavy atom. The smallest absolute Gasteiger partial charge is 0.317 e. The van der Waals surface area contributed by atoms with Gasteiger partial charge in [0.15, 0.2) is 0 Å². The second kappa shape index (κ2) is 8.05. The zero-order chi connectivity index (χ0) is 11.7. The van der Waals surface area contributed by atoms with Gasteiger partial charge < -0.3 is 20.6 Å². The highest BCUT2D eigenvalue weighted by Gasteiger charge is 2.07. The summed E-state index contributed by atoms with van der Waals surface area (Å²) in [4.78, 5) is 23.0. The Labute approximate surface area is 89.6 Å².